The number of nitrogens with one attached hydrogen (secondary N) is 3. The van der Waals surface area contributed by atoms with E-state index in [2.05, 4.69) is 20.5 Å². The van der Waals surface area contributed by atoms with E-state index in [0.29, 0.717) is 37.6 Å². The summed E-state index contributed by atoms with van der Waals surface area (Å²) in [7, 11) is -3.34. The molecule has 0 bridgehead atoms. The Kier molecular flexibility index (Phi) is 8.13. The molecule has 2 aliphatic carbocycles. The van der Waals surface area contributed by atoms with Crippen molar-refractivity contribution in [3.63, 3.8) is 0 Å². The van der Waals surface area contributed by atoms with Crippen LogP contribution in [0.5, 0.6) is 0 Å². The van der Waals surface area contributed by atoms with Gasteiger partial charge in [-0.15, -0.1) is 0 Å². The molecule has 1 unspecified atom stereocenters. The van der Waals surface area contributed by atoms with Crippen LogP contribution in [0.1, 0.15) is 69.8 Å². The van der Waals surface area contributed by atoms with Gasteiger partial charge in [-0.1, -0.05) is 39.0 Å². The molecule has 1 atom stereocenters. The molecule has 210 valence electrons. The summed E-state index contributed by atoms with van der Waals surface area (Å²) in [4.78, 5) is 26.4. The van der Waals surface area contributed by atoms with Crippen LogP contribution in [0.15, 0.2) is 24.3 Å². The molecule has 2 aliphatic rings. The van der Waals surface area contributed by atoms with Gasteiger partial charge in [-0.05, 0) is 43.1 Å². The molecule has 0 spiro atoms. The summed E-state index contributed by atoms with van der Waals surface area (Å²) in [5, 5.41) is 10.4. The number of amides is 2. The zero-order valence-corrected chi connectivity index (χ0v) is 22.9. The van der Waals surface area contributed by atoms with Gasteiger partial charge in [-0.25, -0.2) is 21.9 Å². The Hall–Kier alpha value is -2.60. The first-order valence-electron chi connectivity index (χ1n) is 13.2. The van der Waals surface area contributed by atoms with E-state index >= 15 is 0 Å². The number of carbonyl (C=O) groups excluding carboxylic acids is 2. The van der Waals surface area contributed by atoms with Crippen molar-refractivity contribution in [2.45, 2.75) is 83.1 Å². The third-order valence-corrected chi connectivity index (χ3v) is 9.19. The van der Waals surface area contributed by atoms with Crippen LogP contribution in [0.3, 0.4) is 0 Å². The van der Waals surface area contributed by atoms with E-state index in [1.54, 1.807) is 16.8 Å². The quantitative estimate of drug-likeness (QED) is 0.390. The van der Waals surface area contributed by atoms with E-state index in [-0.39, 0.29) is 42.8 Å². The number of halogens is 2. The van der Waals surface area contributed by atoms with Crippen molar-refractivity contribution in [3.8, 4) is 0 Å². The molecule has 2 saturated carbocycles. The molecule has 4 rings (SSSR count). The van der Waals surface area contributed by atoms with Crippen LogP contribution < -0.4 is 15.4 Å². The molecule has 9 nitrogen and oxygen atoms in total. The molecule has 38 heavy (non-hydrogen) atoms. The second-order valence-corrected chi connectivity index (χ2v) is 13.6. The lowest BCUT2D eigenvalue weighted by molar-refractivity contribution is -0.125. The van der Waals surface area contributed by atoms with E-state index in [1.165, 1.54) is 0 Å². The SMILES string of the molecule is CC(C)(C)C(NC(=O)c1nn(CC2CCC(F)(F)CC2)c2ccccc12)C(=O)NCCNS(=O)(=O)C1CC1. The van der Waals surface area contributed by atoms with Crippen molar-refractivity contribution >= 4 is 32.7 Å². The number of nitrogens with zero attached hydrogens (tertiary/aromatic N) is 2. The Morgan fingerprint density at radius 2 is 1.76 bits per heavy atom. The van der Waals surface area contributed by atoms with Gasteiger partial charge in [0.1, 0.15) is 6.04 Å². The highest BCUT2D eigenvalue weighted by molar-refractivity contribution is 7.90. The number of fused-ring (bicyclic) bond motifs is 1. The van der Waals surface area contributed by atoms with E-state index in [9.17, 15) is 26.8 Å². The molecule has 0 radical (unpaired) electrons. The van der Waals surface area contributed by atoms with E-state index in [1.807, 2.05) is 32.9 Å². The van der Waals surface area contributed by atoms with Crippen LogP contribution in [0, 0.1) is 11.3 Å². The molecule has 3 N–H and O–H groups in total. The first kappa shape index (κ1) is 28.4. The van der Waals surface area contributed by atoms with Crippen molar-refractivity contribution in [1.82, 2.24) is 25.1 Å². The number of para-hydroxylation sites is 1. The summed E-state index contributed by atoms with van der Waals surface area (Å²) in [6.07, 6.45) is 1.81. The average molecular weight is 554 g/mol. The van der Waals surface area contributed by atoms with Gasteiger partial charge in [-0.3, -0.25) is 14.3 Å². The Morgan fingerprint density at radius 1 is 1.11 bits per heavy atom. The predicted octanol–water partition coefficient (Wildman–Crippen LogP) is 3.20. The molecular formula is C26H37F2N5O4S. The van der Waals surface area contributed by atoms with Gasteiger partial charge < -0.3 is 10.6 Å². The zero-order valence-electron chi connectivity index (χ0n) is 22.1. The maximum absolute atomic E-state index is 13.6. The summed E-state index contributed by atoms with van der Waals surface area (Å²) in [5.74, 6) is -3.51. The molecule has 2 amide bonds. The minimum absolute atomic E-state index is 0.0410. The highest BCUT2D eigenvalue weighted by atomic mass is 32.2. The van der Waals surface area contributed by atoms with Gasteiger partial charge in [-0.2, -0.15) is 5.10 Å². The average Bonchev–Trinajstić information content (AvgIpc) is 3.64. The number of hydrogen-bond donors (Lipinski definition) is 3. The minimum atomic E-state index is -3.34. The van der Waals surface area contributed by atoms with Crippen LogP contribution in [-0.2, 0) is 21.4 Å². The molecule has 12 heteroatoms. The molecule has 1 aromatic heterocycles. The highest BCUT2D eigenvalue weighted by Crippen LogP contribution is 2.37. The lowest BCUT2D eigenvalue weighted by Gasteiger charge is -2.30. The van der Waals surface area contributed by atoms with Gasteiger partial charge in [0.15, 0.2) is 5.69 Å². The number of sulfonamides is 1. The Morgan fingerprint density at radius 3 is 2.39 bits per heavy atom. The fourth-order valence-corrected chi connectivity index (χ4v) is 6.19. The van der Waals surface area contributed by atoms with Crippen molar-refractivity contribution in [2.75, 3.05) is 13.1 Å². The summed E-state index contributed by atoms with van der Waals surface area (Å²) in [6.45, 7) is 6.06. The van der Waals surface area contributed by atoms with Gasteiger partial charge >= 0.3 is 0 Å². The summed E-state index contributed by atoms with van der Waals surface area (Å²) >= 11 is 0. The van der Waals surface area contributed by atoms with Crippen molar-refractivity contribution in [1.29, 1.82) is 0 Å². The summed E-state index contributed by atoms with van der Waals surface area (Å²) in [6, 6.07) is 6.34. The molecule has 0 aliphatic heterocycles. The lowest BCUT2D eigenvalue weighted by atomic mass is 9.86. The van der Waals surface area contributed by atoms with Crippen LogP contribution in [-0.4, -0.2) is 60.3 Å². The number of aromatic nitrogens is 2. The van der Waals surface area contributed by atoms with E-state index < -0.39 is 39.2 Å². The standard InChI is InChI=1S/C26H37F2N5O4S/c1-25(2,3)22(24(35)29-14-15-30-38(36,37)18-8-9-18)31-23(34)21-19-6-4-5-7-20(19)33(32-21)16-17-10-12-26(27,28)13-11-17/h4-7,17-18,22,30H,8-16H2,1-3H3,(H,29,35)(H,31,34). The molecule has 2 aromatic rings. The maximum atomic E-state index is 13.6. The second-order valence-electron chi connectivity index (χ2n) is 11.5. The summed E-state index contributed by atoms with van der Waals surface area (Å²) in [5.41, 5.74) is 0.259. The normalized spacial score (nSPS) is 19.3. The van der Waals surface area contributed by atoms with Crippen molar-refractivity contribution in [3.05, 3.63) is 30.0 Å². The van der Waals surface area contributed by atoms with Crippen LogP contribution in [0.4, 0.5) is 8.78 Å². The summed E-state index contributed by atoms with van der Waals surface area (Å²) < 4.78 is 55.4. The molecule has 0 saturated heterocycles. The Labute approximate surface area is 222 Å². The van der Waals surface area contributed by atoms with Gasteiger partial charge in [0, 0.05) is 37.9 Å². The molecule has 2 fully saturated rings. The molecular weight excluding hydrogens is 516 g/mol. The number of carbonyl (C=O) groups is 2. The Bertz CT molecular complexity index is 1270. The first-order valence-corrected chi connectivity index (χ1v) is 14.7. The fraction of sp³-hybridized carbons (Fsp3) is 0.654. The van der Waals surface area contributed by atoms with Gasteiger partial charge in [0.05, 0.1) is 10.8 Å². The van der Waals surface area contributed by atoms with Crippen LogP contribution >= 0.6 is 0 Å². The number of benzene rings is 1. The smallest absolute Gasteiger partial charge is 0.273 e. The number of rotatable bonds is 10. The molecule has 1 heterocycles. The predicted molar refractivity (Wildman–Crippen MR) is 140 cm³/mol. The largest absolute Gasteiger partial charge is 0.353 e. The monoisotopic (exact) mass is 553 g/mol. The Balaban J connectivity index is 1.44. The lowest BCUT2D eigenvalue weighted by Crippen LogP contribution is -2.54. The first-order chi connectivity index (χ1) is 17.8. The van der Waals surface area contributed by atoms with Crippen LogP contribution in [0.2, 0.25) is 0 Å². The second kappa shape index (κ2) is 10.9. The fourth-order valence-electron chi connectivity index (χ4n) is 4.81. The van der Waals surface area contributed by atoms with Crippen molar-refractivity contribution < 1.29 is 26.8 Å². The minimum Gasteiger partial charge on any atom is -0.353 e. The van der Waals surface area contributed by atoms with Crippen molar-refractivity contribution in [2.24, 2.45) is 11.3 Å². The van der Waals surface area contributed by atoms with E-state index in [0.717, 1.165) is 5.52 Å². The number of alkyl halides is 2. The number of hydrogen-bond acceptors (Lipinski definition) is 5. The molecule has 1 aromatic carbocycles. The highest BCUT2D eigenvalue weighted by Gasteiger charge is 2.37. The van der Waals surface area contributed by atoms with E-state index in [4.69, 9.17) is 0 Å². The zero-order chi connectivity index (χ0) is 27.7. The topological polar surface area (TPSA) is 122 Å². The van der Waals surface area contributed by atoms with Gasteiger partial charge in [0.2, 0.25) is 21.9 Å². The maximum Gasteiger partial charge on any atom is 0.273 e. The van der Waals surface area contributed by atoms with Crippen LogP contribution in [0.25, 0.3) is 10.9 Å². The third kappa shape index (κ3) is 6.88. The van der Waals surface area contributed by atoms with Gasteiger partial charge in [0.25, 0.3) is 5.91 Å². The third-order valence-electron chi connectivity index (χ3n) is 7.24.